The summed E-state index contributed by atoms with van der Waals surface area (Å²) >= 11 is 0. The molecule has 730 valence electrons. The van der Waals surface area contributed by atoms with Gasteiger partial charge >= 0.3 is 54.3 Å². The average molecular weight is 1940 g/mol. The number of para-hydroxylation sites is 1. The van der Waals surface area contributed by atoms with Gasteiger partial charge in [-0.2, -0.15) is 0 Å². The fourth-order valence-corrected chi connectivity index (χ4v) is 23.0. The third-order valence-electron chi connectivity index (χ3n) is 17.7. The zero-order valence-electron chi connectivity index (χ0n) is 77.1. The molecular formula is C90H142N12O24Si6. The summed E-state index contributed by atoms with van der Waals surface area (Å²) in [4.78, 5) is 0. The first kappa shape index (κ1) is 113. The molecule has 0 amide bonds. The largest absolute Gasteiger partial charge is 0.966 e. The summed E-state index contributed by atoms with van der Waals surface area (Å²) in [6.45, 7) is 27.2. The lowest BCUT2D eigenvalue weighted by Gasteiger charge is -2.28. The van der Waals surface area contributed by atoms with E-state index in [0.717, 1.165) is 41.5 Å². The quantitative estimate of drug-likeness (QED) is 0.0124. The molecular weight excluding hydrogens is 1800 g/mol. The highest BCUT2D eigenvalue weighted by Crippen LogP contribution is 2.34. The van der Waals surface area contributed by atoms with E-state index in [1.165, 1.54) is 12.7 Å². The topological polar surface area (TPSA) is 534 Å². The SMILES string of the molecule is C.CCC1CO[Si]2(OCC(CN)O2)O1.CCCO[Si](OC)(OCCN)OCCN.CCCO[Si](OCCN)(OCCN)Oc1ccccc1.CCO[Si](OCC)(Oc1ccc(C)c(C)c1)Oc1ccc(N)c(C)c1.Cc1ccc(O[Si](OCCN)(OCCN)Oc2ccc(N)cc2)cc1.Cc1ccc(O[Si](Oc2ccc(N)cc2)(Oc2ccc(N)cc2)Oc2ccc(N)cc2)cc1. The summed E-state index contributed by atoms with van der Waals surface area (Å²) < 4.78 is 139. The standard InChI is InChI=1S/C25H25N3O4Si.C19H27NO4Si.C17H25N3O4Si.C13H24N2O4Si.C8H22N2O4Si.C7H15NO4Si.CH4/c1-18-2-10-22(11-3-18)29-33(30-23-12-4-19(26)5-13-23,31-24-14-6-20(27)7-15-24)32-25-16-8-21(28)9-17-25;1-6-21-25(22-7-2,23-17-9-8-14(3)15(4)12-17)24-18-10-11-19(20)16(5)13-18;1-14-2-6-16(7-3-14)23-25(21-12-10-18,22-13-11-19)24-17-8-4-15(20)5-9-17;1-2-10-16-20(17-11-8-14,18-12-9-15)19-13-6-4-3-5-7-13;1-3-6-12-15(11-2,13-7-4-9)14-8-5-10;1-2-6-4-9-13(11-6)10-5-7(3-8)12-13;/h2-17H,26-28H2,1H3;8-13H,6-7,20H2,1-5H3;2-9H,10-13,18-20H2,1H3;3-7H,2,8-12,14-15H2,1H3;3-10H2,1-2H3;6-7H,2-5,8H2,1H3;1H4. The van der Waals surface area contributed by atoms with E-state index < -0.39 is 54.3 Å². The summed E-state index contributed by atoms with van der Waals surface area (Å²) in [6, 6.07) is 63.4. The van der Waals surface area contributed by atoms with Crippen LogP contribution in [0.3, 0.4) is 0 Å². The van der Waals surface area contributed by atoms with Crippen LogP contribution in [0.4, 0.5) is 28.4 Å². The highest BCUT2D eigenvalue weighted by molar-refractivity contribution is 6.57. The van der Waals surface area contributed by atoms with Gasteiger partial charge in [0.25, 0.3) is 0 Å². The van der Waals surface area contributed by atoms with Crippen molar-refractivity contribution in [2.75, 3.05) is 161 Å². The summed E-state index contributed by atoms with van der Waals surface area (Å²) in [5.74, 6) is 5.02. The molecule has 2 aliphatic heterocycles. The normalized spacial score (nSPS) is 14.6. The maximum atomic E-state index is 6.34. The van der Waals surface area contributed by atoms with Crippen LogP contribution in [-0.4, -0.2) is 199 Å². The van der Waals surface area contributed by atoms with E-state index in [2.05, 4.69) is 13.8 Å². The molecule has 36 nitrogen and oxygen atoms in total. The second kappa shape index (κ2) is 60.8. The zero-order chi connectivity index (χ0) is 95.4. The molecule has 2 fully saturated rings. The first-order valence-corrected chi connectivity index (χ1v) is 53.2. The van der Waals surface area contributed by atoms with E-state index in [4.69, 9.17) is 175 Å². The van der Waals surface area contributed by atoms with Gasteiger partial charge in [-0.1, -0.05) is 87.9 Å². The minimum absolute atomic E-state index is 0. The van der Waals surface area contributed by atoms with Gasteiger partial charge in [0.2, 0.25) is 0 Å². The van der Waals surface area contributed by atoms with Crippen LogP contribution < -0.4 is 109 Å². The smallest absolute Gasteiger partial charge is 0.480 e. The number of nitrogens with two attached hydrogens (primary N) is 12. The van der Waals surface area contributed by atoms with Gasteiger partial charge in [-0.05, 0) is 248 Å². The van der Waals surface area contributed by atoms with E-state index in [0.29, 0.717) is 192 Å². The van der Waals surface area contributed by atoms with Crippen molar-refractivity contribution >= 4 is 82.7 Å². The minimum atomic E-state index is -3.95. The highest BCUT2D eigenvalue weighted by atomic mass is 28.4. The molecule has 2 aliphatic rings. The van der Waals surface area contributed by atoms with E-state index in [1.807, 2.05) is 159 Å². The molecule has 11 rings (SSSR count). The Balaban J connectivity index is 0.000000287. The van der Waals surface area contributed by atoms with Crippen molar-refractivity contribution in [3.63, 3.8) is 0 Å². The molecule has 24 N–H and O–H groups in total. The third-order valence-corrected chi connectivity index (χ3v) is 30.6. The van der Waals surface area contributed by atoms with Crippen LogP contribution in [0.5, 0.6) is 51.7 Å². The van der Waals surface area contributed by atoms with Crippen molar-refractivity contribution in [2.45, 2.75) is 108 Å². The lowest BCUT2D eigenvalue weighted by molar-refractivity contribution is -0.0193. The Bertz CT molecular complexity index is 4200. The second-order valence-corrected chi connectivity index (χ2v) is 40.9. The van der Waals surface area contributed by atoms with Crippen molar-refractivity contribution in [2.24, 2.45) is 40.1 Å². The van der Waals surface area contributed by atoms with Crippen LogP contribution in [0.1, 0.15) is 89.1 Å². The van der Waals surface area contributed by atoms with E-state index in [-0.39, 0.29) is 32.8 Å². The van der Waals surface area contributed by atoms with Gasteiger partial charge in [-0.3, -0.25) is 0 Å². The van der Waals surface area contributed by atoms with Gasteiger partial charge in [0.05, 0.1) is 65.1 Å². The molecule has 132 heavy (non-hydrogen) atoms. The monoisotopic (exact) mass is 1940 g/mol. The van der Waals surface area contributed by atoms with Gasteiger partial charge in [0.15, 0.2) is 0 Å². The molecule has 1 spiro atoms. The number of rotatable bonds is 49. The van der Waals surface area contributed by atoms with Gasteiger partial charge in [0, 0.05) is 108 Å². The van der Waals surface area contributed by atoms with Gasteiger partial charge in [-0.15, -0.1) is 0 Å². The predicted octanol–water partition coefficient (Wildman–Crippen LogP) is 11.0. The summed E-state index contributed by atoms with van der Waals surface area (Å²) in [5.41, 5.74) is 76.1. The van der Waals surface area contributed by atoms with Crippen LogP contribution in [0.15, 0.2) is 212 Å². The number of benzene rings is 9. The maximum Gasteiger partial charge on any atom is 0.966 e. The predicted molar refractivity (Wildman–Crippen MR) is 524 cm³/mol. The third kappa shape index (κ3) is 40.4. The molecule has 2 saturated heterocycles. The first-order valence-electron chi connectivity index (χ1n) is 43.4. The van der Waals surface area contributed by atoms with Crippen LogP contribution in [-0.2, 0) is 66.4 Å². The van der Waals surface area contributed by atoms with E-state index >= 15 is 0 Å². The highest BCUT2D eigenvalue weighted by Gasteiger charge is 2.60. The molecule has 3 atom stereocenters. The summed E-state index contributed by atoms with van der Waals surface area (Å²) in [5, 5.41) is 0. The lowest BCUT2D eigenvalue weighted by Crippen LogP contribution is -2.60. The Labute approximate surface area is 785 Å². The lowest BCUT2D eigenvalue weighted by atomic mass is 10.1. The maximum absolute atomic E-state index is 6.34. The van der Waals surface area contributed by atoms with Gasteiger partial charge in [-0.25, -0.2) is 0 Å². The van der Waals surface area contributed by atoms with Gasteiger partial charge in [0.1, 0.15) is 51.7 Å². The Hall–Kier alpha value is -9.40. The average Bonchev–Trinajstić information content (AvgIpc) is 1.17. The Morgan fingerprint density at radius 1 is 0.303 bits per heavy atom. The second-order valence-electron chi connectivity index (χ2n) is 28.7. The molecule has 0 radical (unpaired) electrons. The summed E-state index contributed by atoms with van der Waals surface area (Å²) in [7, 11) is -18.4. The number of anilines is 5. The van der Waals surface area contributed by atoms with Gasteiger partial charge < -0.3 is 175 Å². The molecule has 0 aliphatic carbocycles. The zero-order valence-corrected chi connectivity index (χ0v) is 83.1. The molecule has 42 heteroatoms. The fourth-order valence-electron chi connectivity index (χ4n) is 10.9. The van der Waals surface area contributed by atoms with E-state index in [9.17, 15) is 0 Å². The Morgan fingerprint density at radius 2 is 0.591 bits per heavy atom. The molecule has 9 aromatic carbocycles. The number of hydrogen-bond acceptors (Lipinski definition) is 36. The fraction of sp³-hybridized carbons (Fsp3) is 0.400. The first-order chi connectivity index (χ1) is 63.1. The van der Waals surface area contributed by atoms with Crippen molar-refractivity contribution in [1.82, 2.24) is 0 Å². The van der Waals surface area contributed by atoms with Crippen LogP contribution in [0.2, 0.25) is 0 Å². The van der Waals surface area contributed by atoms with E-state index in [1.54, 1.807) is 109 Å². The number of hydrogen-bond donors (Lipinski definition) is 12. The Kier molecular flexibility index (Phi) is 52.1. The van der Waals surface area contributed by atoms with Crippen molar-refractivity contribution in [3.05, 3.63) is 240 Å². The minimum Gasteiger partial charge on any atom is -0.480 e. The molecule has 3 unspecified atom stereocenters. The van der Waals surface area contributed by atoms with Crippen LogP contribution in [0, 0.1) is 34.6 Å². The van der Waals surface area contributed by atoms with Crippen molar-refractivity contribution in [1.29, 1.82) is 0 Å². The van der Waals surface area contributed by atoms with Crippen molar-refractivity contribution < 1.29 is 106 Å². The summed E-state index contributed by atoms with van der Waals surface area (Å²) in [6.07, 6.45) is 2.71. The molecule has 0 aromatic heterocycles. The number of nitrogen functional groups attached to an aromatic ring is 5. The Morgan fingerprint density at radius 3 is 0.917 bits per heavy atom. The molecule has 2 heterocycles. The van der Waals surface area contributed by atoms with Crippen LogP contribution >= 0.6 is 0 Å². The molecule has 0 saturated carbocycles. The van der Waals surface area contributed by atoms with Crippen LogP contribution in [0.25, 0.3) is 0 Å². The number of aryl methyl sites for hydroxylation is 5. The molecule has 0 bridgehead atoms. The molecule has 9 aromatic rings. The van der Waals surface area contributed by atoms with Crippen molar-refractivity contribution in [3.8, 4) is 51.7 Å².